The third kappa shape index (κ3) is 9.74. The van der Waals surface area contributed by atoms with Gasteiger partial charge in [-0.05, 0) is 48.5 Å². The number of amides is 4. The molecule has 0 saturated carbocycles. The van der Waals surface area contributed by atoms with Crippen molar-refractivity contribution in [3.63, 3.8) is 0 Å². The molecule has 0 fully saturated rings. The number of nitrogens with zero attached hydrogens (tertiary/aromatic N) is 1. The van der Waals surface area contributed by atoms with E-state index in [1.807, 2.05) is 84.8 Å². The van der Waals surface area contributed by atoms with E-state index < -0.39 is 0 Å². The minimum Gasteiger partial charge on any atom is -0.390 e. The Morgan fingerprint density at radius 2 is 1.03 bits per heavy atom. The van der Waals surface area contributed by atoms with Crippen LogP contribution in [0.15, 0.2) is 97.6 Å². The lowest BCUT2D eigenvalue weighted by Gasteiger charge is -2.10. The van der Waals surface area contributed by atoms with E-state index in [1.165, 1.54) is 5.01 Å². The average Bonchev–Trinajstić information content (AvgIpc) is 2.87. The molecule has 192 valence electrons. The van der Waals surface area contributed by atoms with E-state index >= 15 is 0 Å². The van der Waals surface area contributed by atoms with E-state index in [0.717, 1.165) is 11.4 Å². The molecule has 0 heterocycles. The van der Waals surface area contributed by atoms with Crippen LogP contribution in [0.25, 0.3) is 0 Å². The van der Waals surface area contributed by atoms with Gasteiger partial charge in [-0.15, -0.1) is 0 Å². The van der Waals surface area contributed by atoms with Crippen molar-refractivity contribution >= 4 is 46.2 Å². The topological polar surface area (TPSA) is 157 Å². The molecular formula is C26H33N9O2+2. The molecule has 3 aromatic rings. The maximum atomic E-state index is 12.3. The molecule has 0 aliphatic heterocycles. The zero-order valence-corrected chi connectivity index (χ0v) is 20.7. The Kier molecular flexibility index (Phi) is 10.1. The van der Waals surface area contributed by atoms with Gasteiger partial charge in [0.15, 0.2) is 0 Å². The first-order valence-electron chi connectivity index (χ1n) is 11.5. The molecular weight excluding hydrogens is 470 g/mol. The lowest BCUT2D eigenvalue weighted by molar-refractivity contribution is -0.497. The highest BCUT2D eigenvalue weighted by Crippen LogP contribution is 2.16. The summed E-state index contributed by atoms with van der Waals surface area (Å²) >= 11 is 0. The number of nitrogens with one attached hydrogen (secondary N) is 5. The molecule has 37 heavy (non-hydrogen) atoms. The van der Waals surface area contributed by atoms with Crippen molar-refractivity contribution in [2.24, 2.45) is 5.84 Å². The van der Waals surface area contributed by atoms with E-state index in [-0.39, 0.29) is 12.1 Å². The van der Waals surface area contributed by atoms with Gasteiger partial charge in [0.2, 0.25) is 0 Å². The third-order valence-electron chi connectivity index (χ3n) is 4.90. The molecule has 3 rings (SSSR count). The first kappa shape index (κ1) is 26.8. The molecule has 4 amide bonds. The van der Waals surface area contributed by atoms with Crippen LogP contribution in [-0.2, 0) is 0 Å². The zero-order chi connectivity index (χ0) is 26.5. The molecule has 0 atom stereocenters. The van der Waals surface area contributed by atoms with Crippen LogP contribution in [0.5, 0.6) is 0 Å². The predicted octanol–water partition coefficient (Wildman–Crippen LogP) is 2.33. The molecule has 0 radical (unpaired) electrons. The second-order valence-electron chi connectivity index (χ2n) is 7.97. The summed E-state index contributed by atoms with van der Waals surface area (Å²) in [5, 5.41) is 19.4. The summed E-state index contributed by atoms with van der Waals surface area (Å²) in [7, 11) is 3.57. The van der Waals surface area contributed by atoms with Gasteiger partial charge in [0.05, 0.1) is 12.4 Å². The van der Waals surface area contributed by atoms with Crippen molar-refractivity contribution in [1.29, 1.82) is 0 Å². The maximum Gasteiger partial charge on any atom is 0.323 e. The quantitative estimate of drug-likeness (QED) is 0.121. The summed E-state index contributed by atoms with van der Waals surface area (Å²) in [4.78, 5) is 24.6. The predicted molar refractivity (Wildman–Crippen MR) is 147 cm³/mol. The molecule has 0 saturated heterocycles. The molecule has 0 aromatic heterocycles. The van der Waals surface area contributed by atoms with Crippen LogP contribution in [0.4, 0.5) is 43.7 Å². The average molecular weight is 504 g/mol. The smallest absolute Gasteiger partial charge is 0.323 e. The van der Waals surface area contributed by atoms with Crippen molar-refractivity contribution in [3.05, 3.63) is 97.6 Å². The second-order valence-corrected chi connectivity index (χ2v) is 7.97. The van der Waals surface area contributed by atoms with E-state index in [1.54, 1.807) is 37.5 Å². The van der Waals surface area contributed by atoms with Crippen molar-refractivity contribution in [2.45, 2.75) is 0 Å². The van der Waals surface area contributed by atoms with E-state index in [2.05, 4.69) is 26.6 Å². The van der Waals surface area contributed by atoms with Crippen molar-refractivity contribution in [3.8, 4) is 0 Å². The molecule has 11 heteroatoms. The lowest BCUT2D eigenvalue weighted by atomic mass is 10.2. The molecule has 3 aromatic carbocycles. The van der Waals surface area contributed by atoms with E-state index in [0.29, 0.717) is 22.7 Å². The fourth-order valence-corrected chi connectivity index (χ4v) is 3.12. The van der Waals surface area contributed by atoms with Crippen molar-refractivity contribution in [1.82, 2.24) is 10.3 Å². The highest BCUT2D eigenvalue weighted by Gasteiger charge is 2.06. The molecule has 0 bridgehead atoms. The molecule has 0 aliphatic rings. The van der Waals surface area contributed by atoms with Gasteiger partial charge in [-0.1, -0.05) is 0 Å². The SMILES string of the molecule is CN/C=C\[NH2+]c1ccc(NC(=O)Nc2ccc(NC(=O)Nc3ccc([NH2+]/C=C\N(C)N)cc3)cc2)cc1. The second kappa shape index (κ2) is 13.9. The Morgan fingerprint density at radius 1 is 0.676 bits per heavy atom. The van der Waals surface area contributed by atoms with Crippen LogP contribution in [0.3, 0.4) is 0 Å². The maximum absolute atomic E-state index is 12.3. The first-order chi connectivity index (χ1) is 17.9. The van der Waals surface area contributed by atoms with Gasteiger partial charge in [0.1, 0.15) is 23.8 Å². The van der Waals surface area contributed by atoms with Crippen LogP contribution < -0.4 is 43.1 Å². The number of nitrogens with two attached hydrogens (primary N) is 3. The summed E-state index contributed by atoms with van der Waals surface area (Å²) in [6.07, 6.45) is 7.29. The summed E-state index contributed by atoms with van der Waals surface area (Å²) in [6.45, 7) is 0. The van der Waals surface area contributed by atoms with Crippen LogP contribution in [0.1, 0.15) is 0 Å². The fraction of sp³-hybridized carbons (Fsp3) is 0.0769. The van der Waals surface area contributed by atoms with Crippen LogP contribution >= 0.6 is 0 Å². The van der Waals surface area contributed by atoms with Gasteiger partial charge < -0.3 is 31.6 Å². The Hall–Kier alpha value is -4.84. The molecule has 0 spiro atoms. The van der Waals surface area contributed by atoms with Gasteiger partial charge in [-0.25, -0.2) is 15.4 Å². The molecule has 11 N–H and O–H groups in total. The summed E-state index contributed by atoms with van der Waals surface area (Å²) in [5.74, 6) is 5.52. The number of urea groups is 2. The number of rotatable bonds is 10. The number of hydrazine groups is 1. The number of quaternary nitrogens is 2. The first-order valence-corrected chi connectivity index (χ1v) is 11.5. The summed E-state index contributed by atoms with van der Waals surface area (Å²) < 4.78 is 0. The third-order valence-corrected chi connectivity index (χ3v) is 4.90. The molecule has 0 aliphatic carbocycles. The zero-order valence-electron chi connectivity index (χ0n) is 20.7. The number of hydrogen-bond acceptors (Lipinski definition) is 5. The Morgan fingerprint density at radius 3 is 1.38 bits per heavy atom. The van der Waals surface area contributed by atoms with Gasteiger partial charge in [0, 0.05) is 61.1 Å². The van der Waals surface area contributed by atoms with Gasteiger partial charge in [-0.2, -0.15) is 0 Å². The number of benzene rings is 3. The summed E-state index contributed by atoms with van der Waals surface area (Å²) in [5.41, 5.74) is 4.50. The largest absolute Gasteiger partial charge is 0.390 e. The Labute approximate surface area is 215 Å². The van der Waals surface area contributed by atoms with Crippen LogP contribution in [0.2, 0.25) is 0 Å². The Bertz CT molecular complexity index is 1210. The van der Waals surface area contributed by atoms with Crippen molar-refractivity contribution < 1.29 is 20.2 Å². The number of carbonyl (C=O) groups is 2. The number of carbonyl (C=O) groups excluding carboxylic acids is 2. The fourth-order valence-electron chi connectivity index (χ4n) is 3.12. The minimum absolute atomic E-state index is 0.364. The lowest BCUT2D eigenvalue weighted by Crippen LogP contribution is -2.71. The summed E-state index contributed by atoms with van der Waals surface area (Å²) in [6, 6.07) is 21.0. The monoisotopic (exact) mass is 503 g/mol. The van der Waals surface area contributed by atoms with Gasteiger partial charge in [-0.3, -0.25) is 10.6 Å². The van der Waals surface area contributed by atoms with E-state index in [9.17, 15) is 9.59 Å². The number of anilines is 4. The van der Waals surface area contributed by atoms with Gasteiger partial charge in [0.25, 0.3) is 0 Å². The standard InChI is InChI=1S/C26H31N9O2/c1-28-15-16-29-19-3-7-21(8-4-19)31-25(36)33-23-11-13-24(14-12-23)34-26(37)32-22-9-5-20(6-10-22)30-17-18-35(2)27/h3-18,28-30H,27H2,1-2H3,(H2,31,33,36)(H2,32,34,37)/p+2/b16-15-,18-17-. The highest BCUT2D eigenvalue weighted by molar-refractivity contribution is 6.01. The van der Waals surface area contributed by atoms with Crippen LogP contribution in [-0.4, -0.2) is 31.2 Å². The number of hydrogen-bond donors (Lipinski definition) is 8. The van der Waals surface area contributed by atoms with Gasteiger partial charge >= 0.3 is 12.1 Å². The van der Waals surface area contributed by atoms with Crippen LogP contribution in [0, 0.1) is 0 Å². The normalized spacial score (nSPS) is 10.8. The minimum atomic E-state index is -0.373. The molecule has 0 unspecified atom stereocenters. The Balaban J connectivity index is 1.44. The van der Waals surface area contributed by atoms with Crippen molar-refractivity contribution in [2.75, 3.05) is 35.4 Å². The van der Waals surface area contributed by atoms with E-state index in [4.69, 9.17) is 5.84 Å². The molecule has 11 nitrogen and oxygen atoms in total. The highest BCUT2D eigenvalue weighted by atomic mass is 16.2.